The molecule has 1 aromatic carbocycles. The lowest BCUT2D eigenvalue weighted by Crippen LogP contribution is -2.15. The Balaban J connectivity index is 1.98. The second kappa shape index (κ2) is 6.02. The highest BCUT2D eigenvalue weighted by molar-refractivity contribution is 7.98. The van der Waals surface area contributed by atoms with Crippen LogP contribution in [-0.2, 0) is 0 Å². The van der Waals surface area contributed by atoms with E-state index >= 15 is 0 Å². The van der Waals surface area contributed by atoms with Gasteiger partial charge >= 0.3 is 0 Å². The van der Waals surface area contributed by atoms with Crippen LogP contribution in [0.2, 0.25) is 5.02 Å². The van der Waals surface area contributed by atoms with Gasteiger partial charge in [0.2, 0.25) is 0 Å². The van der Waals surface area contributed by atoms with Crippen LogP contribution < -0.4 is 5.32 Å². The maximum absolute atomic E-state index is 12.6. The van der Waals surface area contributed by atoms with Gasteiger partial charge in [-0.15, -0.1) is 11.8 Å². The highest BCUT2D eigenvalue weighted by Crippen LogP contribution is 2.21. The van der Waals surface area contributed by atoms with Gasteiger partial charge < -0.3 is 5.32 Å². The number of benzene rings is 1. The number of nitrogens with zero attached hydrogens (tertiary/aromatic N) is 2. The van der Waals surface area contributed by atoms with Crippen molar-refractivity contribution in [3.63, 3.8) is 0 Å². The SMILES string of the molecule is CSc1cccc(NC(=O)c2c(C)nc3ccc(Cl)cn23)c1. The molecule has 2 heterocycles. The summed E-state index contributed by atoms with van der Waals surface area (Å²) < 4.78 is 1.71. The molecule has 0 unspecified atom stereocenters. The van der Waals surface area contributed by atoms with E-state index in [1.165, 1.54) is 0 Å². The second-order valence-corrected chi connectivity index (χ2v) is 6.12. The maximum Gasteiger partial charge on any atom is 0.274 e. The number of nitrogens with one attached hydrogen (secondary N) is 1. The molecule has 0 saturated carbocycles. The average molecular weight is 332 g/mol. The molecule has 2 aromatic heterocycles. The molecule has 1 amide bonds. The minimum absolute atomic E-state index is 0.203. The van der Waals surface area contributed by atoms with Crippen molar-refractivity contribution in [1.82, 2.24) is 9.38 Å². The van der Waals surface area contributed by atoms with E-state index in [1.54, 1.807) is 34.5 Å². The fraction of sp³-hybridized carbons (Fsp3) is 0.125. The second-order valence-electron chi connectivity index (χ2n) is 4.81. The number of aryl methyl sites for hydroxylation is 1. The predicted molar refractivity (Wildman–Crippen MR) is 91.1 cm³/mol. The van der Waals surface area contributed by atoms with Gasteiger partial charge in [-0.1, -0.05) is 17.7 Å². The molecule has 0 fully saturated rings. The number of thioether (sulfide) groups is 1. The number of aromatic nitrogens is 2. The van der Waals surface area contributed by atoms with Crippen LogP contribution in [0.5, 0.6) is 0 Å². The molecule has 0 aliphatic carbocycles. The maximum atomic E-state index is 12.6. The number of hydrogen-bond donors (Lipinski definition) is 1. The van der Waals surface area contributed by atoms with E-state index in [0.717, 1.165) is 10.6 Å². The highest BCUT2D eigenvalue weighted by atomic mass is 35.5. The van der Waals surface area contributed by atoms with E-state index in [2.05, 4.69) is 10.3 Å². The quantitative estimate of drug-likeness (QED) is 0.729. The molecule has 4 nitrogen and oxygen atoms in total. The van der Waals surface area contributed by atoms with E-state index in [0.29, 0.717) is 22.1 Å². The largest absolute Gasteiger partial charge is 0.321 e. The Bertz CT molecular complexity index is 860. The number of halogens is 1. The predicted octanol–water partition coefficient (Wildman–Crippen LogP) is 4.27. The van der Waals surface area contributed by atoms with Gasteiger partial charge in [-0.3, -0.25) is 9.20 Å². The van der Waals surface area contributed by atoms with Crippen LogP contribution >= 0.6 is 23.4 Å². The lowest BCUT2D eigenvalue weighted by atomic mass is 10.3. The van der Waals surface area contributed by atoms with E-state index in [1.807, 2.05) is 37.4 Å². The number of rotatable bonds is 3. The highest BCUT2D eigenvalue weighted by Gasteiger charge is 2.17. The molecular formula is C16H14ClN3OS. The first kappa shape index (κ1) is 14.9. The van der Waals surface area contributed by atoms with Crippen LogP contribution in [0.3, 0.4) is 0 Å². The standard InChI is InChI=1S/C16H14ClN3OS/c1-10-15(20-9-11(17)6-7-14(20)18-10)16(21)19-12-4-3-5-13(8-12)22-2/h3-9H,1-2H3,(H,19,21). The van der Waals surface area contributed by atoms with Crippen LogP contribution in [-0.4, -0.2) is 21.5 Å². The summed E-state index contributed by atoms with van der Waals surface area (Å²) in [7, 11) is 0. The third-order valence-corrected chi connectivity index (χ3v) is 4.25. The first-order chi connectivity index (χ1) is 10.6. The summed E-state index contributed by atoms with van der Waals surface area (Å²) in [6.45, 7) is 1.81. The molecule has 1 N–H and O–H groups in total. The monoisotopic (exact) mass is 331 g/mol. The van der Waals surface area contributed by atoms with Crippen LogP contribution in [0.1, 0.15) is 16.2 Å². The lowest BCUT2D eigenvalue weighted by molar-refractivity contribution is 0.102. The molecule has 0 aliphatic heterocycles. The fourth-order valence-electron chi connectivity index (χ4n) is 2.30. The number of hydrogen-bond acceptors (Lipinski definition) is 3. The molecule has 22 heavy (non-hydrogen) atoms. The van der Waals surface area contributed by atoms with Gasteiger partial charge in [0.05, 0.1) is 10.7 Å². The Labute approximate surface area is 137 Å². The summed E-state index contributed by atoms with van der Waals surface area (Å²) in [6, 6.07) is 11.3. The van der Waals surface area contributed by atoms with Crippen LogP contribution in [0.25, 0.3) is 5.65 Å². The summed E-state index contributed by atoms with van der Waals surface area (Å²) in [5.41, 5.74) is 2.62. The van der Waals surface area contributed by atoms with Crippen LogP contribution in [0.4, 0.5) is 5.69 Å². The van der Waals surface area contributed by atoms with E-state index in [-0.39, 0.29) is 5.91 Å². The van der Waals surface area contributed by atoms with Gasteiger partial charge in [0.25, 0.3) is 5.91 Å². The van der Waals surface area contributed by atoms with Gasteiger partial charge in [0.15, 0.2) is 0 Å². The fourth-order valence-corrected chi connectivity index (χ4v) is 2.92. The van der Waals surface area contributed by atoms with E-state index < -0.39 is 0 Å². The zero-order valence-corrected chi connectivity index (χ0v) is 13.7. The average Bonchev–Trinajstić information content (AvgIpc) is 2.82. The Hall–Kier alpha value is -1.98. The number of fused-ring (bicyclic) bond motifs is 1. The lowest BCUT2D eigenvalue weighted by Gasteiger charge is -2.07. The minimum Gasteiger partial charge on any atom is -0.321 e. The zero-order chi connectivity index (χ0) is 15.7. The number of carbonyl (C=O) groups excluding carboxylic acids is 1. The Morgan fingerprint density at radius 2 is 2.14 bits per heavy atom. The topological polar surface area (TPSA) is 46.4 Å². The van der Waals surface area contributed by atoms with Crippen molar-refractivity contribution in [1.29, 1.82) is 0 Å². The first-order valence-corrected chi connectivity index (χ1v) is 8.28. The van der Waals surface area contributed by atoms with Crippen molar-refractivity contribution in [3.8, 4) is 0 Å². The van der Waals surface area contributed by atoms with Crippen molar-refractivity contribution in [2.45, 2.75) is 11.8 Å². The van der Waals surface area contributed by atoms with Gasteiger partial charge in [-0.2, -0.15) is 0 Å². The minimum atomic E-state index is -0.203. The van der Waals surface area contributed by atoms with Gasteiger partial charge in [0.1, 0.15) is 11.3 Å². The van der Waals surface area contributed by atoms with Gasteiger partial charge in [-0.05, 0) is 43.5 Å². The number of anilines is 1. The molecule has 0 saturated heterocycles. The van der Waals surface area contributed by atoms with Gasteiger partial charge in [0, 0.05) is 16.8 Å². The molecule has 0 radical (unpaired) electrons. The van der Waals surface area contributed by atoms with Crippen LogP contribution in [0, 0.1) is 6.92 Å². The van der Waals surface area contributed by atoms with Crippen molar-refractivity contribution in [2.24, 2.45) is 0 Å². The normalized spacial score (nSPS) is 10.9. The van der Waals surface area contributed by atoms with Crippen LogP contribution in [0.15, 0.2) is 47.5 Å². The number of imidazole rings is 1. The summed E-state index contributed by atoms with van der Waals surface area (Å²) >= 11 is 7.65. The number of pyridine rings is 1. The van der Waals surface area contributed by atoms with Crippen molar-refractivity contribution in [3.05, 3.63) is 59.0 Å². The first-order valence-electron chi connectivity index (χ1n) is 6.68. The molecule has 3 aromatic rings. The molecule has 0 bridgehead atoms. The molecule has 0 spiro atoms. The Morgan fingerprint density at radius 3 is 2.91 bits per heavy atom. The zero-order valence-electron chi connectivity index (χ0n) is 12.1. The summed E-state index contributed by atoms with van der Waals surface area (Å²) in [4.78, 5) is 18.1. The third kappa shape index (κ3) is 2.82. The molecule has 112 valence electrons. The molecule has 0 atom stereocenters. The van der Waals surface area contributed by atoms with Gasteiger partial charge in [-0.25, -0.2) is 4.98 Å². The molecule has 6 heteroatoms. The molecule has 3 rings (SSSR count). The summed E-state index contributed by atoms with van der Waals surface area (Å²) in [5, 5.41) is 3.47. The van der Waals surface area contributed by atoms with Crippen molar-refractivity contribution >= 4 is 40.6 Å². The Kier molecular flexibility index (Phi) is 4.09. The van der Waals surface area contributed by atoms with E-state index in [9.17, 15) is 4.79 Å². The number of carbonyl (C=O) groups is 1. The molecule has 0 aliphatic rings. The van der Waals surface area contributed by atoms with Crippen molar-refractivity contribution in [2.75, 3.05) is 11.6 Å². The number of amides is 1. The van der Waals surface area contributed by atoms with E-state index in [4.69, 9.17) is 11.6 Å². The van der Waals surface area contributed by atoms with Crippen molar-refractivity contribution < 1.29 is 4.79 Å². The molecular weight excluding hydrogens is 318 g/mol. The Morgan fingerprint density at radius 1 is 1.32 bits per heavy atom. The summed E-state index contributed by atoms with van der Waals surface area (Å²) in [5.74, 6) is -0.203. The summed E-state index contributed by atoms with van der Waals surface area (Å²) in [6.07, 6.45) is 3.70. The smallest absolute Gasteiger partial charge is 0.274 e. The third-order valence-electron chi connectivity index (χ3n) is 3.30.